The summed E-state index contributed by atoms with van der Waals surface area (Å²) in [7, 11) is 0. The van der Waals surface area contributed by atoms with Crippen LogP contribution in [0.2, 0.25) is 0 Å². The average Bonchev–Trinajstić information content (AvgIpc) is 4.02. The van der Waals surface area contributed by atoms with E-state index in [2.05, 4.69) is 0 Å². The highest BCUT2D eigenvalue weighted by molar-refractivity contribution is 6.10. The van der Waals surface area contributed by atoms with E-state index in [1.807, 2.05) is 42.5 Å². The monoisotopic (exact) mass is 669 g/mol. The molecule has 238 valence electrons. The second kappa shape index (κ2) is 10.7. The molecule has 0 aliphatic carbocycles. The first-order valence-corrected chi connectivity index (χ1v) is 15.7. The molecule has 0 unspecified atom stereocenters. The van der Waals surface area contributed by atoms with Gasteiger partial charge in [-0.05, 0) is 53.5 Å². The van der Waals surface area contributed by atoms with Crippen molar-refractivity contribution in [3.05, 3.63) is 163 Å². The van der Waals surface area contributed by atoms with Gasteiger partial charge in [-0.25, -0.2) is 0 Å². The van der Waals surface area contributed by atoms with Crippen molar-refractivity contribution in [2.75, 3.05) is 0 Å². The summed E-state index contributed by atoms with van der Waals surface area (Å²) in [5.74, 6) is -1.10. The zero-order valence-corrected chi connectivity index (χ0v) is 26.0. The van der Waals surface area contributed by atoms with Gasteiger partial charge in [-0.1, -0.05) is 121 Å². The Morgan fingerprint density at radius 2 is 0.902 bits per heavy atom. The second-order valence-electron chi connectivity index (χ2n) is 11.7. The lowest BCUT2D eigenvalue weighted by Gasteiger charge is -2.14. The largest absolute Gasteiger partial charge is 0.456 e. The number of rotatable bonds is 4. The van der Waals surface area contributed by atoms with Crippen molar-refractivity contribution < 1.29 is 26.3 Å². The summed E-state index contributed by atoms with van der Waals surface area (Å²) in [5, 5.41) is 0.579. The molecule has 11 rings (SSSR count). The molecule has 6 nitrogen and oxygen atoms in total. The van der Waals surface area contributed by atoms with E-state index in [9.17, 15) is 5.48 Å². The van der Waals surface area contributed by atoms with Crippen LogP contribution in [0.25, 0.3) is 100.0 Å². The molecule has 4 heterocycles. The number of furan rings is 1. The molecule has 51 heavy (non-hydrogen) atoms. The van der Waals surface area contributed by atoms with E-state index < -0.39 is 109 Å². The summed E-state index contributed by atoms with van der Waals surface area (Å²) in [6.07, 6.45) is 0. The SMILES string of the molecule is [2H]c1c([2H])c([2H])c2c(c1[2H])c1c([2H])c([2H])c([2H])c([2H])c1n2-c1nc(-c2ccccc2-c2ccc3oc4ccccc4c3c2)nc(-n2c3c([2H])c([2H])c([2H])c([2H])c3c3c([2H])c([2H])c([2H])c([2H])c32)n1. The van der Waals surface area contributed by atoms with Gasteiger partial charge in [0.05, 0.1) is 44.0 Å². The van der Waals surface area contributed by atoms with E-state index in [1.54, 1.807) is 24.3 Å². The molecule has 0 radical (unpaired) electrons. The van der Waals surface area contributed by atoms with Crippen molar-refractivity contribution in [1.29, 1.82) is 0 Å². The summed E-state index contributed by atoms with van der Waals surface area (Å²) in [6.45, 7) is 0. The smallest absolute Gasteiger partial charge is 0.240 e. The Kier molecular flexibility index (Phi) is 3.48. The van der Waals surface area contributed by atoms with Gasteiger partial charge in [-0.3, -0.25) is 9.13 Å². The maximum Gasteiger partial charge on any atom is 0.240 e. The molecule has 0 bridgehead atoms. The minimum absolute atomic E-state index is 0.152. The highest BCUT2D eigenvalue weighted by atomic mass is 16.3. The number of hydrogen-bond donors (Lipinski definition) is 0. The van der Waals surface area contributed by atoms with Gasteiger partial charge in [0.1, 0.15) is 11.2 Å². The van der Waals surface area contributed by atoms with Gasteiger partial charge in [0, 0.05) is 37.9 Å². The van der Waals surface area contributed by atoms with Gasteiger partial charge in [-0.15, -0.1) is 0 Å². The van der Waals surface area contributed by atoms with Crippen LogP contribution in [0.4, 0.5) is 0 Å². The van der Waals surface area contributed by atoms with Gasteiger partial charge in [0.15, 0.2) is 5.82 Å². The third-order valence-electron chi connectivity index (χ3n) is 8.93. The van der Waals surface area contributed by atoms with E-state index in [0.717, 1.165) is 19.9 Å². The second-order valence-corrected chi connectivity index (χ2v) is 11.7. The van der Waals surface area contributed by atoms with Crippen molar-refractivity contribution >= 4 is 65.6 Å². The molecule has 0 N–H and O–H groups in total. The lowest BCUT2D eigenvalue weighted by Crippen LogP contribution is -2.10. The van der Waals surface area contributed by atoms with Gasteiger partial charge < -0.3 is 4.42 Å². The first kappa shape index (κ1) is 16.6. The highest BCUT2D eigenvalue weighted by Crippen LogP contribution is 2.38. The molecule has 0 aliphatic heterocycles. The minimum Gasteiger partial charge on any atom is -0.456 e. The standard InChI is InChI=1S/C45H27N5O/c1-2-19-35(29(13-1)28-25-26-42-36(27-28)34-18-7-12-24-41(34)51-42)43-46-44(49-37-20-8-3-14-30(37)31-15-4-9-21-38(31)49)48-45(47-43)50-39-22-10-5-16-32(39)33-17-6-11-23-40(33)50/h1-27H/i3D,4D,5D,6D,8D,9D,10D,11D,14D,15D,16D,17D,20D,21D,22D,23D. The van der Waals surface area contributed by atoms with E-state index in [1.165, 1.54) is 0 Å². The fraction of sp³-hybridized carbons (Fsp3) is 0. The molecule has 0 fully saturated rings. The highest BCUT2D eigenvalue weighted by Gasteiger charge is 2.21. The van der Waals surface area contributed by atoms with Crippen LogP contribution >= 0.6 is 0 Å². The van der Waals surface area contributed by atoms with Crippen molar-refractivity contribution in [3.63, 3.8) is 0 Å². The lowest BCUT2D eigenvalue weighted by atomic mass is 9.97. The number of aromatic nitrogens is 5. The maximum atomic E-state index is 9.19. The van der Waals surface area contributed by atoms with E-state index in [4.69, 9.17) is 35.8 Å². The summed E-state index contributed by atoms with van der Waals surface area (Å²) >= 11 is 0. The predicted octanol–water partition coefficient (Wildman–Crippen LogP) is 11.3. The lowest BCUT2D eigenvalue weighted by molar-refractivity contribution is 0.669. The number of benzene rings is 7. The molecule has 11 aromatic rings. The molecular weight excluding hydrogens is 627 g/mol. The Bertz CT molecular complexity index is 3750. The van der Waals surface area contributed by atoms with E-state index >= 15 is 0 Å². The van der Waals surface area contributed by atoms with Gasteiger partial charge >= 0.3 is 0 Å². The van der Waals surface area contributed by atoms with Crippen LogP contribution in [-0.2, 0) is 0 Å². The fourth-order valence-electron chi connectivity index (χ4n) is 6.74. The van der Waals surface area contributed by atoms with Crippen molar-refractivity contribution in [2.45, 2.75) is 0 Å². The molecule has 0 saturated heterocycles. The molecule has 0 atom stereocenters. The average molecular weight is 670 g/mol. The number of hydrogen-bond acceptors (Lipinski definition) is 4. The molecule has 4 aromatic heterocycles. The number of fused-ring (bicyclic) bond motifs is 9. The summed E-state index contributed by atoms with van der Waals surface area (Å²) in [6, 6.07) is 9.51. The van der Waals surface area contributed by atoms with Gasteiger partial charge in [0.2, 0.25) is 11.9 Å². The van der Waals surface area contributed by atoms with Crippen LogP contribution in [0.5, 0.6) is 0 Å². The van der Waals surface area contributed by atoms with Crippen molar-refractivity contribution in [3.8, 4) is 34.4 Å². The van der Waals surface area contributed by atoms with E-state index in [-0.39, 0.29) is 49.4 Å². The first-order valence-electron chi connectivity index (χ1n) is 23.7. The molecule has 0 spiro atoms. The first-order chi connectivity index (χ1) is 31.9. The third kappa shape index (κ3) is 4.14. The summed E-state index contributed by atoms with van der Waals surface area (Å²) < 4.78 is 150. The molecular formula is C45H27N5O. The van der Waals surface area contributed by atoms with Crippen LogP contribution < -0.4 is 0 Å². The predicted molar refractivity (Wildman–Crippen MR) is 207 cm³/mol. The van der Waals surface area contributed by atoms with Crippen LogP contribution in [-0.4, -0.2) is 24.1 Å². The van der Waals surface area contributed by atoms with Gasteiger partial charge in [0.25, 0.3) is 0 Å². The van der Waals surface area contributed by atoms with Crippen molar-refractivity contribution in [2.24, 2.45) is 0 Å². The van der Waals surface area contributed by atoms with Crippen LogP contribution in [0.1, 0.15) is 21.9 Å². The quantitative estimate of drug-likeness (QED) is 0.187. The summed E-state index contributed by atoms with van der Waals surface area (Å²) in [4.78, 5) is 14.6. The van der Waals surface area contributed by atoms with Crippen molar-refractivity contribution in [1.82, 2.24) is 24.1 Å². The van der Waals surface area contributed by atoms with Crippen LogP contribution in [0.3, 0.4) is 0 Å². The molecule has 7 aromatic carbocycles. The fourth-order valence-corrected chi connectivity index (χ4v) is 6.74. The Hall–Kier alpha value is -7.05. The Morgan fingerprint density at radius 1 is 0.431 bits per heavy atom. The molecule has 0 amide bonds. The number of nitrogens with zero attached hydrogens (tertiary/aromatic N) is 5. The van der Waals surface area contributed by atoms with Crippen LogP contribution in [0.15, 0.2) is 168 Å². The van der Waals surface area contributed by atoms with Crippen LogP contribution in [0, 0.1) is 0 Å². The minimum atomic E-state index is -0.701. The topological polar surface area (TPSA) is 61.7 Å². The maximum absolute atomic E-state index is 9.19. The molecule has 0 aliphatic rings. The summed E-state index contributed by atoms with van der Waals surface area (Å²) in [5.41, 5.74) is 1.52. The number of para-hydroxylation sites is 5. The Morgan fingerprint density at radius 3 is 1.47 bits per heavy atom. The molecule has 6 heteroatoms. The zero-order valence-electron chi connectivity index (χ0n) is 42.0. The van der Waals surface area contributed by atoms with Gasteiger partial charge in [-0.2, -0.15) is 15.0 Å². The Labute approximate surface area is 314 Å². The third-order valence-corrected chi connectivity index (χ3v) is 8.93. The van der Waals surface area contributed by atoms with E-state index in [0.29, 0.717) is 27.9 Å². The Balaban J connectivity index is 1.35. The zero-order chi connectivity index (χ0) is 47.4. The normalized spacial score (nSPS) is 16.3. The molecule has 0 saturated carbocycles.